The number of fused-ring (bicyclic) bond motifs is 1. The van der Waals surface area contributed by atoms with Crippen LogP contribution in [0.1, 0.15) is 20.8 Å². The minimum atomic E-state index is -2.88. The largest absolute Gasteiger partial charge is 0.268 e. The first-order chi connectivity index (χ1) is 9.44. The number of nitrogens with zero attached hydrogens (tertiary/aromatic N) is 3. The van der Waals surface area contributed by atoms with Gasteiger partial charge in [0.25, 0.3) is 0 Å². The Hall–Kier alpha value is -1.18. The minimum Gasteiger partial charge on any atom is -0.268 e. The Bertz CT molecular complexity index is 795. The maximum atomic E-state index is 12.9. The number of nitrogens with two attached hydrogens (primary N) is 1. The number of aromatic nitrogens is 2. The Balaban J connectivity index is 2.58. The highest BCUT2D eigenvalue weighted by atomic mass is 32.2. The molecule has 5 nitrogen and oxygen atoms in total. The van der Waals surface area contributed by atoms with Crippen LogP contribution in [0.4, 0.5) is 0 Å². The van der Waals surface area contributed by atoms with E-state index in [4.69, 9.17) is 5.14 Å². The molecule has 0 spiro atoms. The van der Waals surface area contributed by atoms with Crippen molar-refractivity contribution in [3.05, 3.63) is 24.4 Å². The molecule has 0 aliphatic rings. The smallest absolute Gasteiger partial charge is 0.195 e. The molecule has 0 saturated carbocycles. The third-order valence-corrected chi connectivity index (χ3v) is 11.8. The van der Waals surface area contributed by atoms with Crippen LogP contribution in [-0.4, -0.2) is 22.2 Å². The van der Waals surface area contributed by atoms with Gasteiger partial charge in [0, 0.05) is 12.4 Å². The molecule has 1 unspecified atom stereocenters. The van der Waals surface area contributed by atoms with Crippen molar-refractivity contribution in [3.63, 3.8) is 0 Å². The predicted molar refractivity (Wildman–Crippen MR) is 90.9 cm³/mol. The second-order valence-electron chi connectivity index (χ2n) is 6.96. The number of rotatable bonds is 2. The first-order valence-corrected chi connectivity index (χ1v) is 11.4. The number of aryl methyl sites for hydroxylation is 1. The molecule has 0 amide bonds. The van der Waals surface area contributed by atoms with Gasteiger partial charge >= 0.3 is 0 Å². The first kappa shape index (κ1) is 16.2. The van der Waals surface area contributed by atoms with Crippen LogP contribution in [0.15, 0.2) is 33.3 Å². The van der Waals surface area contributed by atoms with Gasteiger partial charge in [0.2, 0.25) is 0 Å². The monoisotopic (exact) mass is 324 g/mol. The van der Waals surface area contributed by atoms with Crippen LogP contribution in [0.25, 0.3) is 10.9 Å². The lowest BCUT2D eigenvalue weighted by Gasteiger charge is -2.32. The van der Waals surface area contributed by atoms with E-state index in [0.29, 0.717) is 4.90 Å². The molecule has 1 heterocycles. The Kier molecular flexibility index (Phi) is 3.80. The Morgan fingerprint density at radius 1 is 1.33 bits per heavy atom. The van der Waals surface area contributed by atoms with E-state index in [2.05, 4.69) is 43.0 Å². The number of benzene rings is 1. The third-order valence-electron chi connectivity index (χ3n) is 4.25. The fraction of sp³-hybridized carbons (Fsp3) is 0.500. The first-order valence-electron chi connectivity index (χ1n) is 6.92. The van der Waals surface area contributed by atoms with Crippen LogP contribution in [0.3, 0.4) is 0 Å². The van der Waals surface area contributed by atoms with Crippen molar-refractivity contribution < 1.29 is 4.21 Å². The summed E-state index contributed by atoms with van der Waals surface area (Å²) in [5.74, 6) is 0. The molecular formula is C14H24N4OSSi. The molecule has 2 N–H and O–H groups in total. The van der Waals surface area contributed by atoms with Gasteiger partial charge in [0.05, 0.1) is 16.6 Å². The molecule has 0 radical (unpaired) electrons. The minimum absolute atomic E-state index is 0.00737. The summed E-state index contributed by atoms with van der Waals surface area (Å²) < 4.78 is 19.3. The number of hydrogen-bond donors (Lipinski definition) is 1. The zero-order valence-corrected chi connectivity index (χ0v) is 15.4. The highest BCUT2D eigenvalue weighted by Crippen LogP contribution is 2.37. The molecule has 0 aliphatic heterocycles. The zero-order valence-electron chi connectivity index (χ0n) is 13.5. The molecule has 7 heteroatoms. The fourth-order valence-electron chi connectivity index (χ4n) is 1.85. The van der Waals surface area contributed by atoms with Gasteiger partial charge in [0.15, 0.2) is 8.24 Å². The van der Waals surface area contributed by atoms with Crippen LogP contribution in [-0.2, 0) is 17.0 Å². The van der Waals surface area contributed by atoms with Gasteiger partial charge in [-0.25, -0.2) is 9.35 Å². The summed E-state index contributed by atoms with van der Waals surface area (Å²) in [5.41, 5.74) is 0.987. The van der Waals surface area contributed by atoms with Crippen molar-refractivity contribution >= 4 is 29.1 Å². The van der Waals surface area contributed by atoms with Crippen molar-refractivity contribution in [2.75, 3.05) is 0 Å². The molecule has 0 fully saturated rings. The molecule has 0 saturated heterocycles. The lowest BCUT2D eigenvalue weighted by Crippen LogP contribution is -2.37. The summed E-state index contributed by atoms with van der Waals surface area (Å²) in [5, 5.41) is 11.2. The van der Waals surface area contributed by atoms with Crippen molar-refractivity contribution in [3.8, 4) is 0 Å². The standard InChI is InChI=1S/C14H24N4OSSi/c1-14(2,3)21(5,6)17-20(15,19)12-7-8-13-11(9-12)10-16-18(13)4/h7-10H,1-6H3,(H2,15,17,19). The summed E-state index contributed by atoms with van der Waals surface area (Å²) in [6.45, 7) is 10.6. The van der Waals surface area contributed by atoms with Crippen LogP contribution in [0, 0.1) is 0 Å². The van der Waals surface area contributed by atoms with Crippen LogP contribution < -0.4 is 5.14 Å². The van der Waals surface area contributed by atoms with Gasteiger partial charge in [-0.1, -0.05) is 20.8 Å². The normalized spacial score (nSPS) is 16.0. The lowest BCUT2D eigenvalue weighted by atomic mass is 10.2. The Morgan fingerprint density at radius 2 is 1.95 bits per heavy atom. The van der Waals surface area contributed by atoms with Gasteiger partial charge in [-0.3, -0.25) is 8.71 Å². The summed E-state index contributed by atoms with van der Waals surface area (Å²) in [6.07, 6.45) is 1.75. The van der Waals surface area contributed by atoms with Gasteiger partial charge < -0.3 is 0 Å². The molecular weight excluding hydrogens is 300 g/mol. The van der Waals surface area contributed by atoms with E-state index in [0.717, 1.165) is 10.9 Å². The Labute approximate surface area is 127 Å². The second-order valence-corrected chi connectivity index (χ2v) is 13.9. The molecule has 0 aliphatic carbocycles. The Morgan fingerprint density at radius 3 is 2.52 bits per heavy atom. The molecule has 21 heavy (non-hydrogen) atoms. The average Bonchev–Trinajstić information content (AvgIpc) is 2.68. The second kappa shape index (κ2) is 4.93. The summed E-state index contributed by atoms with van der Waals surface area (Å²) >= 11 is 0. The van der Waals surface area contributed by atoms with Gasteiger partial charge in [-0.2, -0.15) is 5.10 Å². The summed E-state index contributed by atoms with van der Waals surface area (Å²) in [4.78, 5) is 0.577. The van der Waals surface area contributed by atoms with E-state index in [1.54, 1.807) is 16.9 Å². The molecule has 0 bridgehead atoms. The van der Waals surface area contributed by atoms with E-state index < -0.39 is 18.2 Å². The quantitative estimate of drug-likeness (QED) is 0.861. The maximum Gasteiger partial charge on any atom is 0.195 e. The van der Waals surface area contributed by atoms with Gasteiger partial charge in [0.1, 0.15) is 9.92 Å². The van der Waals surface area contributed by atoms with E-state index in [1.165, 1.54) is 0 Å². The average molecular weight is 325 g/mol. The third kappa shape index (κ3) is 3.04. The SMILES string of the molecule is Cn1ncc2cc(S(N)(=O)=N[Si](C)(C)C(C)(C)C)ccc21. The van der Waals surface area contributed by atoms with Gasteiger partial charge in [-0.05, 0) is 36.3 Å². The van der Waals surface area contributed by atoms with E-state index in [1.807, 2.05) is 19.2 Å². The highest BCUT2D eigenvalue weighted by Gasteiger charge is 2.37. The fourth-order valence-corrected chi connectivity index (χ4v) is 6.64. The zero-order chi connectivity index (χ0) is 16.1. The van der Waals surface area contributed by atoms with Crippen molar-refractivity contribution in [2.45, 2.75) is 43.8 Å². The van der Waals surface area contributed by atoms with E-state index >= 15 is 0 Å². The maximum absolute atomic E-state index is 12.9. The van der Waals surface area contributed by atoms with E-state index in [9.17, 15) is 4.21 Å². The van der Waals surface area contributed by atoms with Crippen LogP contribution >= 0.6 is 0 Å². The molecule has 1 aromatic heterocycles. The molecule has 116 valence electrons. The highest BCUT2D eigenvalue weighted by molar-refractivity contribution is 7.92. The summed E-state index contributed by atoms with van der Waals surface area (Å²) in [7, 11) is -3.09. The molecule has 1 aromatic carbocycles. The van der Waals surface area contributed by atoms with Crippen LogP contribution in [0.2, 0.25) is 18.1 Å². The van der Waals surface area contributed by atoms with Crippen molar-refractivity contribution in [2.24, 2.45) is 16.2 Å². The van der Waals surface area contributed by atoms with E-state index in [-0.39, 0.29) is 5.04 Å². The lowest BCUT2D eigenvalue weighted by molar-refractivity contribution is 0.676. The van der Waals surface area contributed by atoms with Crippen molar-refractivity contribution in [1.29, 1.82) is 0 Å². The number of hydrogen-bond acceptors (Lipinski definition) is 3. The van der Waals surface area contributed by atoms with Crippen LogP contribution in [0.5, 0.6) is 0 Å². The topological polar surface area (TPSA) is 73.3 Å². The van der Waals surface area contributed by atoms with Gasteiger partial charge in [-0.15, -0.1) is 0 Å². The molecule has 1 atom stereocenters. The predicted octanol–water partition coefficient (Wildman–Crippen LogP) is 3.28. The molecule has 2 aromatic rings. The molecule has 2 rings (SSSR count). The summed E-state index contributed by atoms with van der Waals surface area (Å²) in [6, 6.07) is 5.52. The van der Waals surface area contributed by atoms with Crippen molar-refractivity contribution in [1.82, 2.24) is 9.78 Å².